The molecule has 0 unspecified atom stereocenters. The van der Waals surface area contributed by atoms with Crippen LogP contribution in [0.2, 0.25) is 0 Å². The van der Waals surface area contributed by atoms with Crippen molar-refractivity contribution in [2.24, 2.45) is 0 Å². The summed E-state index contributed by atoms with van der Waals surface area (Å²) in [4.78, 5) is 25.6. The molecule has 0 radical (unpaired) electrons. The third-order valence-corrected chi connectivity index (χ3v) is 4.97. The molecule has 0 saturated carbocycles. The number of aromatic nitrogens is 2. The number of rotatable bonds is 4. The molecule has 3 heterocycles. The van der Waals surface area contributed by atoms with E-state index in [-0.39, 0.29) is 11.9 Å². The van der Waals surface area contributed by atoms with Gasteiger partial charge in [0.2, 0.25) is 0 Å². The molecule has 1 fully saturated rings. The van der Waals surface area contributed by atoms with Crippen LogP contribution in [0.1, 0.15) is 27.5 Å². The molecule has 0 bridgehead atoms. The molecule has 118 valence electrons. The quantitative estimate of drug-likeness (QED) is 0.855. The van der Waals surface area contributed by atoms with E-state index in [4.69, 9.17) is 5.26 Å². The standard InChI is InChI=1S/C16H17N5OS/c1-20(11-14-18-5-2-6-19-14)13-3-7-21(10-13)16(22)15-12(9-17)4-8-23-15/h2,4-6,8,13H,3,7,10-11H2,1H3/t13-/m0/s1. The summed E-state index contributed by atoms with van der Waals surface area (Å²) < 4.78 is 0. The van der Waals surface area contributed by atoms with Crippen LogP contribution in [0.3, 0.4) is 0 Å². The van der Waals surface area contributed by atoms with Crippen molar-refractivity contribution < 1.29 is 4.79 Å². The van der Waals surface area contributed by atoms with Crippen molar-refractivity contribution in [2.45, 2.75) is 19.0 Å². The van der Waals surface area contributed by atoms with Crippen molar-refractivity contribution in [2.75, 3.05) is 20.1 Å². The number of likely N-dealkylation sites (tertiary alicyclic amines) is 1. The topological polar surface area (TPSA) is 73.1 Å². The second kappa shape index (κ2) is 6.86. The molecule has 1 amide bonds. The number of hydrogen-bond donors (Lipinski definition) is 0. The van der Waals surface area contributed by atoms with Crippen molar-refractivity contribution in [1.82, 2.24) is 19.8 Å². The van der Waals surface area contributed by atoms with Crippen LogP contribution in [0.25, 0.3) is 0 Å². The van der Waals surface area contributed by atoms with Crippen LogP contribution < -0.4 is 0 Å². The maximum Gasteiger partial charge on any atom is 0.265 e. The van der Waals surface area contributed by atoms with Gasteiger partial charge in [-0.3, -0.25) is 9.69 Å². The Labute approximate surface area is 139 Å². The largest absolute Gasteiger partial charge is 0.336 e. The molecule has 3 rings (SSSR count). The lowest BCUT2D eigenvalue weighted by atomic mass is 10.2. The molecule has 23 heavy (non-hydrogen) atoms. The van der Waals surface area contributed by atoms with Gasteiger partial charge in [-0.2, -0.15) is 5.26 Å². The lowest BCUT2D eigenvalue weighted by Crippen LogP contribution is -2.36. The minimum Gasteiger partial charge on any atom is -0.336 e. The van der Waals surface area contributed by atoms with Gasteiger partial charge >= 0.3 is 0 Å². The minimum atomic E-state index is -0.0385. The molecule has 2 aromatic heterocycles. The first kappa shape index (κ1) is 15.6. The van der Waals surface area contributed by atoms with E-state index in [1.807, 2.05) is 11.9 Å². The van der Waals surface area contributed by atoms with Crippen LogP contribution in [-0.2, 0) is 6.54 Å². The zero-order valence-corrected chi connectivity index (χ0v) is 13.7. The molecular weight excluding hydrogens is 310 g/mol. The van der Waals surface area contributed by atoms with Gasteiger partial charge in [-0.15, -0.1) is 11.3 Å². The fraction of sp³-hybridized carbons (Fsp3) is 0.375. The highest BCUT2D eigenvalue weighted by molar-refractivity contribution is 7.12. The first-order valence-electron chi connectivity index (χ1n) is 7.42. The number of amides is 1. The van der Waals surface area contributed by atoms with Gasteiger partial charge < -0.3 is 4.90 Å². The Bertz CT molecular complexity index is 724. The average molecular weight is 327 g/mol. The Morgan fingerprint density at radius 3 is 3.04 bits per heavy atom. The van der Waals surface area contributed by atoms with Gasteiger partial charge in [0, 0.05) is 31.5 Å². The van der Waals surface area contributed by atoms with Crippen LogP contribution >= 0.6 is 11.3 Å². The molecule has 0 aliphatic carbocycles. The number of likely N-dealkylation sites (N-methyl/N-ethyl adjacent to an activating group) is 1. The second-order valence-electron chi connectivity index (χ2n) is 5.55. The Morgan fingerprint density at radius 2 is 2.30 bits per heavy atom. The van der Waals surface area contributed by atoms with Crippen molar-refractivity contribution in [3.63, 3.8) is 0 Å². The normalized spacial score (nSPS) is 17.4. The van der Waals surface area contributed by atoms with E-state index in [0.29, 0.717) is 30.1 Å². The Balaban J connectivity index is 1.62. The van der Waals surface area contributed by atoms with Crippen LogP contribution in [0.5, 0.6) is 0 Å². The number of carbonyl (C=O) groups is 1. The Hall–Kier alpha value is -2.30. The maximum atomic E-state index is 12.6. The first-order chi connectivity index (χ1) is 11.2. The SMILES string of the molecule is CN(Cc1ncccn1)[C@H]1CCN(C(=O)c2sccc2C#N)C1. The number of nitrogens with zero attached hydrogens (tertiary/aromatic N) is 5. The predicted molar refractivity (Wildman–Crippen MR) is 86.8 cm³/mol. The first-order valence-corrected chi connectivity index (χ1v) is 8.30. The van der Waals surface area contributed by atoms with E-state index < -0.39 is 0 Å². The Morgan fingerprint density at radius 1 is 1.52 bits per heavy atom. The summed E-state index contributed by atoms with van der Waals surface area (Å²) in [6.45, 7) is 2.05. The van der Waals surface area contributed by atoms with Gasteiger partial charge in [-0.25, -0.2) is 9.97 Å². The Kier molecular flexibility index (Phi) is 4.65. The number of nitriles is 1. The van der Waals surface area contributed by atoms with Gasteiger partial charge in [-0.1, -0.05) is 0 Å². The highest BCUT2D eigenvalue weighted by atomic mass is 32.1. The van der Waals surface area contributed by atoms with Crippen LogP contribution in [0, 0.1) is 11.3 Å². The fourth-order valence-electron chi connectivity index (χ4n) is 2.76. The fourth-order valence-corrected chi connectivity index (χ4v) is 3.57. The highest BCUT2D eigenvalue weighted by Gasteiger charge is 2.31. The summed E-state index contributed by atoms with van der Waals surface area (Å²) in [5.74, 6) is 0.744. The molecule has 2 aromatic rings. The monoisotopic (exact) mass is 327 g/mol. The third kappa shape index (κ3) is 3.38. The number of thiophene rings is 1. The summed E-state index contributed by atoms with van der Waals surface area (Å²) in [5, 5.41) is 10.9. The van der Waals surface area contributed by atoms with E-state index >= 15 is 0 Å². The molecular formula is C16H17N5OS. The lowest BCUT2D eigenvalue weighted by molar-refractivity contribution is 0.0784. The zero-order chi connectivity index (χ0) is 16.2. The lowest BCUT2D eigenvalue weighted by Gasteiger charge is -2.23. The molecule has 1 saturated heterocycles. The third-order valence-electron chi connectivity index (χ3n) is 4.06. The molecule has 7 heteroatoms. The average Bonchev–Trinajstić information content (AvgIpc) is 3.24. The van der Waals surface area contributed by atoms with Crippen molar-refractivity contribution >= 4 is 17.2 Å². The van der Waals surface area contributed by atoms with E-state index in [9.17, 15) is 4.79 Å². The maximum absolute atomic E-state index is 12.6. The molecule has 1 aliphatic heterocycles. The summed E-state index contributed by atoms with van der Waals surface area (Å²) in [7, 11) is 2.03. The van der Waals surface area contributed by atoms with E-state index in [0.717, 1.165) is 12.2 Å². The molecule has 0 aromatic carbocycles. The summed E-state index contributed by atoms with van der Waals surface area (Å²) in [5.41, 5.74) is 0.467. The van der Waals surface area contributed by atoms with Gasteiger partial charge in [-0.05, 0) is 31.0 Å². The minimum absolute atomic E-state index is 0.0385. The van der Waals surface area contributed by atoms with Crippen LogP contribution in [0.15, 0.2) is 29.9 Å². The summed E-state index contributed by atoms with van der Waals surface area (Å²) in [6.07, 6.45) is 4.39. The number of hydrogen-bond acceptors (Lipinski definition) is 6. The molecule has 6 nitrogen and oxygen atoms in total. The van der Waals surface area contributed by atoms with Gasteiger partial charge in [0.25, 0.3) is 5.91 Å². The van der Waals surface area contributed by atoms with Crippen LogP contribution in [0.4, 0.5) is 0 Å². The summed E-state index contributed by atoms with van der Waals surface area (Å²) in [6, 6.07) is 5.87. The molecule has 1 atom stereocenters. The van der Waals surface area contributed by atoms with Crippen molar-refractivity contribution in [3.05, 3.63) is 46.2 Å². The van der Waals surface area contributed by atoms with Crippen LogP contribution in [-0.4, -0.2) is 51.9 Å². The van der Waals surface area contributed by atoms with E-state index in [1.165, 1.54) is 11.3 Å². The van der Waals surface area contributed by atoms with Crippen molar-refractivity contribution in [3.8, 4) is 6.07 Å². The van der Waals surface area contributed by atoms with E-state index in [1.54, 1.807) is 29.9 Å². The van der Waals surface area contributed by atoms with Gasteiger partial charge in [0.15, 0.2) is 0 Å². The number of carbonyl (C=O) groups excluding carboxylic acids is 1. The van der Waals surface area contributed by atoms with Gasteiger partial charge in [0.05, 0.1) is 12.1 Å². The zero-order valence-electron chi connectivity index (χ0n) is 12.8. The summed E-state index contributed by atoms with van der Waals surface area (Å²) >= 11 is 1.33. The molecule has 0 spiro atoms. The second-order valence-corrected chi connectivity index (χ2v) is 6.47. The predicted octanol–water partition coefficient (Wildman–Crippen LogP) is 1.76. The molecule has 0 N–H and O–H groups in total. The molecule has 1 aliphatic rings. The van der Waals surface area contributed by atoms with Crippen molar-refractivity contribution in [1.29, 1.82) is 5.26 Å². The smallest absolute Gasteiger partial charge is 0.265 e. The van der Waals surface area contributed by atoms with E-state index in [2.05, 4.69) is 20.9 Å². The highest BCUT2D eigenvalue weighted by Crippen LogP contribution is 2.22. The van der Waals surface area contributed by atoms with Gasteiger partial charge in [0.1, 0.15) is 16.8 Å².